The number of piperidine rings is 1. The number of rotatable bonds is 3. The minimum absolute atomic E-state index is 0.267. The number of carbonyl (C=O) groups is 1. The second kappa shape index (κ2) is 4.94. The fourth-order valence-electron chi connectivity index (χ4n) is 1.94. The largest absolute Gasteiger partial charge is 0.340 e. The molecule has 1 saturated heterocycles. The molecule has 1 fully saturated rings. The van der Waals surface area contributed by atoms with Crippen LogP contribution in [0, 0.1) is 0 Å². The van der Waals surface area contributed by atoms with E-state index >= 15 is 0 Å². The first-order valence-electron chi connectivity index (χ1n) is 5.86. The van der Waals surface area contributed by atoms with E-state index in [4.69, 9.17) is 0 Å². The Kier molecular flexibility index (Phi) is 4.19. The van der Waals surface area contributed by atoms with Gasteiger partial charge in [0.2, 0.25) is 5.91 Å². The predicted molar refractivity (Wildman–Crippen MR) is 67.6 cm³/mol. The molecule has 1 atom stereocenters. The van der Waals surface area contributed by atoms with Crippen molar-refractivity contribution in [3.8, 4) is 0 Å². The van der Waals surface area contributed by atoms with Crippen LogP contribution in [0.2, 0.25) is 0 Å². The van der Waals surface area contributed by atoms with Crippen molar-refractivity contribution in [2.75, 3.05) is 26.4 Å². The smallest absolute Gasteiger partial charge is 0.243 e. The van der Waals surface area contributed by atoms with Gasteiger partial charge in [-0.05, 0) is 33.7 Å². The number of hydrogen-bond acceptors (Lipinski definition) is 4. The van der Waals surface area contributed by atoms with Crippen LogP contribution in [0.5, 0.6) is 0 Å². The van der Waals surface area contributed by atoms with Crippen LogP contribution in [0.3, 0.4) is 0 Å². The monoisotopic (exact) mass is 262 g/mol. The molecule has 0 aromatic rings. The lowest BCUT2D eigenvalue weighted by molar-refractivity contribution is -0.134. The van der Waals surface area contributed by atoms with Crippen molar-refractivity contribution < 1.29 is 13.2 Å². The highest BCUT2D eigenvalue weighted by atomic mass is 32.2. The standard InChI is InChI=1S/C11H22N2O3S/c1-11(2,17(4,15)16)10(14)13-7-5-6-9(8-13)12-3/h9,12H,5-8H2,1-4H3. The topological polar surface area (TPSA) is 66.5 Å². The fourth-order valence-corrected chi connectivity index (χ4v) is 2.38. The van der Waals surface area contributed by atoms with E-state index in [1.807, 2.05) is 7.05 Å². The van der Waals surface area contributed by atoms with E-state index in [0.717, 1.165) is 19.1 Å². The van der Waals surface area contributed by atoms with Gasteiger partial charge in [0.1, 0.15) is 4.75 Å². The second-order valence-electron chi connectivity index (χ2n) is 5.16. The summed E-state index contributed by atoms with van der Waals surface area (Å²) in [7, 11) is -1.53. The molecule has 1 unspecified atom stereocenters. The Hall–Kier alpha value is -0.620. The van der Waals surface area contributed by atoms with Crippen molar-refractivity contribution in [3.63, 3.8) is 0 Å². The number of nitrogens with one attached hydrogen (secondary N) is 1. The number of likely N-dealkylation sites (tertiary alicyclic amines) is 1. The zero-order chi connectivity index (χ0) is 13.3. The molecule has 1 amide bonds. The lowest BCUT2D eigenvalue weighted by Gasteiger charge is -2.36. The van der Waals surface area contributed by atoms with Crippen molar-refractivity contribution in [1.29, 1.82) is 0 Å². The summed E-state index contributed by atoms with van der Waals surface area (Å²) in [5.74, 6) is -0.292. The molecule has 1 N–H and O–H groups in total. The molecule has 0 bridgehead atoms. The molecule has 0 aromatic heterocycles. The van der Waals surface area contributed by atoms with Gasteiger partial charge in [0, 0.05) is 25.4 Å². The van der Waals surface area contributed by atoms with Gasteiger partial charge in [-0.25, -0.2) is 8.42 Å². The van der Waals surface area contributed by atoms with Gasteiger partial charge in [0.05, 0.1) is 0 Å². The summed E-state index contributed by atoms with van der Waals surface area (Å²) in [6, 6.07) is 0.267. The van der Waals surface area contributed by atoms with Crippen LogP contribution in [-0.2, 0) is 14.6 Å². The molecule has 17 heavy (non-hydrogen) atoms. The van der Waals surface area contributed by atoms with Crippen LogP contribution >= 0.6 is 0 Å². The minimum atomic E-state index is -3.39. The molecule has 1 aliphatic heterocycles. The summed E-state index contributed by atoms with van der Waals surface area (Å²) in [4.78, 5) is 13.9. The molecule has 1 heterocycles. The van der Waals surface area contributed by atoms with E-state index < -0.39 is 14.6 Å². The molecule has 0 radical (unpaired) electrons. The third-order valence-electron chi connectivity index (χ3n) is 3.56. The van der Waals surface area contributed by atoms with E-state index in [9.17, 15) is 13.2 Å². The molecule has 5 nitrogen and oxygen atoms in total. The lowest BCUT2D eigenvalue weighted by Crippen LogP contribution is -2.55. The summed E-state index contributed by atoms with van der Waals surface area (Å²) in [5.41, 5.74) is 0. The Bertz CT molecular complexity index is 390. The molecule has 0 aromatic carbocycles. The van der Waals surface area contributed by atoms with Crippen LogP contribution in [0.1, 0.15) is 26.7 Å². The first-order valence-corrected chi connectivity index (χ1v) is 7.75. The van der Waals surface area contributed by atoms with Gasteiger partial charge in [0.25, 0.3) is 0 Å². The Labute approximate surface area is 103 Å². The molecular weight excluding hydrogens is 240 g/mol. The van der Waals surface area contributed by atoms with E-state index in [-0.39, 0.29) is 11.9 Å². The van der Waals surface area contributed by atoms with E-state index in [1.54, 1.807) is 4.90 Å². The third kappa shape index (κ3) is 2.98. The van der Waals surface area contributed by atoms with Gasteiger partial charge < -0.3 is 10.2 Å². The Balaban J connectivity index is 2.83. The highest BCUT2D eigenvalue weighted by molar-refractivity contribution is 7.92. The van der Waals surface area contributed by atoms with Crippen molar-refractivity contribution in [3.05, 3.63) is 0 Å². The fraction of sp³-hybridized carbons (Fsp3) is 0.909. The second-order valence-corrected chi connectivity index (χ2v) is 7.73. The maximum atomic E-state index is 12.2. The molecule has 1 rings (SSSR count). The van der Waals surface area contributed by atoms with Gasteiger partial charge in [-0.15, -0.1) is 0 Å². The average molecular weight is 262 g/mol. The average Bonchev–Trinajstić information content (AvgIpc) is 2.26. The number of amides is 1. The number of likely N-dealkylation sites (N-methyl/N-ethyl adjacent to an activating group) is 1. The van der Waals surface area contributed by atoms with Crippen molar-refractivity contribution >= 4 is 15.7 Å². The molecule has 0 spiro atoms. The molecule has 0 aliphatic carbocycles. The van der Waals surface area contributed by atoms with Crippen LogP contribution in [0.25, 0.3) is 0 Å². The summed E-state index contributed by atoms with van der Waals surface area (Å²) >= 11 is 0. The van der Waals surface area contributed by atoms with Crippen molar-refractivity contribution in [1.82, 2.24) is 10.2 Å². The normalized spacial score (nSPS) is 22.6. The lowest BCUT2D eigenvalue weighted by atomic mass is 10.0. The molecule has 6 heteroatoms. The van der Waals surface area contributed by atoms with Crippen LogP contribution in [-0.4, -0.2) is 56.4 Å². The van der Waals surface area contributed by atoms with E-state index in [1.165, 1.54) is 13.8 Å². The summed E-state index contributed by atoms with van der Waals surface area (Å²) in [6.07, 6.45) is 3.06. The quantitative estimate of drug-likeness (QED) is 0.778. The third-order valence-corrected chi connectivity index (χ3v) is 5.59. The zero-order valence-electron chi connectivity index (χ0n) is 11.0. The summed E-state index contributed by atoms with van der Waals surface area (Å²) in [5, 5.41) is 3.14. The molecule has 0 saturated carbocycles. The van der Waals surface area contributed by atoms with Crippen molar-refractivity contribution in [2.45, 2.75) is 37.5 Å². The van der Waals surface area contributed by atoms with Gasteiger partial charge in [-0.2, -0.15) is 0 Å². The predicted octanol–water partition coefficient (Wildman–Crippen LogP) is 0.0200. The maximum Gasteiger partial charge on any atom is 0.243 e. The Morgan fingerprint density at radius 3 is 2.47 bits per heavy atom. The van der Waals surface area contributed by atoms with Gasteiger partial charge in [-0.1, -0.05) is 0 Å². The highest BCUT2D eigenvalue weighted by Crippen LogP contribution is 2.21. The highest BCUT2D eigenvalue weighted by Gasteiger charge is 2.42. The SMILES string of the molecule is CNC1CCCN(C(=O)C(C)(C)S(C)(=O)=O)C1. The minimum Gasteiger partial charge on any atom is -0.340 e. The Morgan fingerprint density at radius 1 is 1.41 bits per heavy atom. The van der Waals surface area contributed by atoms with Crippen LogP contribution < -0.4 is 5.32 Å². The number of nitrogens with zero attached hydrogens (tertiary/aromatic N) is 1. The summed E-state index contributed by atoms with van der Waals surface area (Å²) in [6.45, 7) is 4.20. The van der Waals surface area contributed by atoms with E-state index in [0.29, 0.717) is 13.1 Å². The van der Waals surface area contributed by atoms with E-state index in [2.05, 4.69) is 5.32 Å². The number of sulfone groups is 1. The van der Waals surface area contributed by atoms with Gasteiger partial charge >= 0.3 is 0 Å². The number of carbonyl (C=O) groups excluding carboxylic acids is 1. The maximum absolute atomic E-state index is 12.2. The molecule has 1 aliphatic rings. The summed E-state index contributed by atoms with van der Waals surface area (Å²) < 4.78 is 21.9. The molecule has 100 valence electrons. The van der Waals surface area contributed by atoms with Crippen LogP contribution in [0.4, 0.5) is 0 Å². The first kappa shape index (κ1) is 14.4. The molecular formula is C11H22N2O3S. The zero-order valence-corrected chi connectivity index (χ0v) is 11.8. The van der Waals surface area contributed by atoms with Gasteiger partial charge in [-0.3, -0.25) is 4.79 Å². The first-order chi connectivity index (χ1) is 7.70. The number of hydrogen-bond donors (Lipinski definition) is 1. The van der Waals surface area contributed by atoms with Crippen LogP contribution in [0.15, 0.2) is 0 Å². The van der Waals surface area contributed by atoms with Crippen molar-refractivity contribution in [2.24, 2.45) is 0 Å². The van der Waals surface area contributed by atoms with Gasteiger partial charge in [0.15, 0.2) is 9.84 Å². The Morgan fingerprint density at radius 2 is 2.00 bits per heavy atom.